The van der Waals surface area contributed by atoms with E-state index in [2.05, 4.69) is 10.2 Å². The van der Waals surface area contributed by atoms with Gasteiger partial charge in [0.05, 0.1) is 26.2 Å². The molecular weight excluding hydrogens is 461 g/mol. The Kier molecular flexibility index (Phi) is 8.46. The maximum absolute atomic E-state index is 15.0. The standard InChI is InChI=1S/C28H36FN3O4/c1-31-26(19-11-6-7-12-22(19)29)25(20-17-23(35-2)24(36-3)18-21(20)28(31)34)27(33)30-13-10-16-32-14-8-4-5-9-15-32/h6-7,11-12,17-18,25-26H,4-5,8-10,13-16H2,1-3H3,(H,30,33)/t25-,26-/m0/s1. The topological polar surface area (TPSA) is 71.1 Å². The summed E-state index contributed by atoms with van der Waals surface area (Å²) in [6, 6.07) is 8.79. The fraction of sp³-hybridized carbons (Fsp3) is 0.500. The average molecular weight is 498 g/mol. The second-order valence-electron chi connectivity index (χ2n) is 9.55. The number of halogens is 1. The lowest BCUT2D eigenvalue weighted by atomic mass is 9.79. The van der Waals surface area contributed by atoms with Crippen molar-refractivity contribution in [1.82, 2.24) is 15.1 Å². The number of carbonyl (C=O) groups is 2. The Balaban J connectivity index is 1.63. The van der Waals surface area contributed by atoms with Crippen molar-refractivity contribution in [2.45, 2.75) is 44.1 Å². The van der Waals surface area contributed by atoms with E-state index in [0.717, 1.165) is 26.1 Å². The lowest BCUT2D eigenvalue weighted by molar-refractivity contribution is -0.124. The number of rotatable bonds is 8. The molecule has 36 heavy (non-hydrogen) atoms. The van der Waals surface area contributed by atoms with Gasteiger partial charge >= 0.3 is 0 Å². The molecule has 194 valence electrons. The molecule has 2 heterocycles. The molecule has 2 atom stereocenters. The molecule has 2 amide bonds. The summed E-state index contributed by atoms with van der Waals surface area (Å²) in [6.07, 6.45) is 5.84. The van der Waals surface area contributed by atoms with Crippen molar-refractivity contribution in [2.75, 3.05) is 47.4 Å². The van der Waals surface area contributed by atoms with Crippen LogP contribution in [0.4, 0.5) is 4.39 Å². The highest BCUT2D eigenvalue weighted by molar-refractivity contribution is 6.02. The summed E-state index contributed by atoms with van der Waals surface area (Å²) < 4.78 is 25.8. The monoisotopic (exact) mass is 497 g/mol. The number of likely N-dealkylation sites (N-methyl/N-ethyl adjacent to an activating group) is 1. The quantitative estimate of drug-likeness (QED) is 0.556. The highest BCUT2D eigenvalue weighted by Gasteiger charge is 2.44. The molecule has 2 aliphatic rings. The number of amides is 2. The molecule has 0 aromatic heterocycles. The summed E-state index contributed by atoms with van der Waals surface area (Å²) in [4.78, 5) is 31.0. The minimum absolute atomic E-state index is 0.244. The fourth-order valence-corrected chi connectivity index (χ4v) is 5.42. The van der Waals surface area contributed by atoms with Crippen LogP contribution in [0.3, 0.4) is 0 Å². The largest absolute Gasteiger partial charge is 0.493 e. The molecule has 4 rings (SSSR count). The average Bonchev–Trinajstić information content (AvgIpc) is 3.17. The van der Waals surface area contributed by atoms with E-state index >= 15 is 0 Å². The van der Waals surface area contributed by atoms with Crippen molar-refractivity contribution in [3.05, 3.63) is 58.9 Å². The molecule has 0 aliphatic carbocycles. The number of likely N-dealkylation sites (tertiary alicyclic amines) is 1. The maximum Gasteiger partial charge on any atom is 0.254 e. The van der Waals surface area contributed by atoms with E-state index < -0.39 is 17.8 Å². The SMILES string of the molecule is COc1cc2c(cc1OC)[C@H](C(=O)NCCCN1CCCCCC1)[C@H](c1ccccc1F)N(C)C2=O. The van der Waals surface area contributed by atoms with Crippen molar-refractivity contribution in [1.29, 1.82) is 0 Å². The number of nitrogens with one attached hydrogen (secondary N) is 1. The molecular formula is C28H36FN3O4. The van der Waals surface area contributed by atoms with Crippen LogP contribution in [0.15, 0.2) is 36.4 Å². The van der Waals surface area contributed by atoms with Crippen molar-refractivity contribution in [2.24, 2.45) is 0 Å². The molecule has 1 saturated heterocycles. The zero-order valence-electron chi connectivity index (χ0n) is 21.4. The van der Waals surface area contributed by atoms with E-state index in [9.17, 15) is 14.0 Å². The van der Waals surface area contributed by atoms with Crippen LogP contribution in [0.1, 0.15) is 65.5 Å². The number of methoxy groups -OCH3 is 2. The molecule has 8 heteroatoms. The molecule has 1 fully saturated rings. The number of fused-ring (bicyclic) bond motifs is 1. The highest BCUT2D eigenvalue weighted by atomic mass is 19.1. The van der Waals surface area contributed by atoms with Crippen LogP contribution in [0.5, 0.6) is 11.5 Å². The normalized spacial score (nSPS) is 20.4. The smallest absolute Gasteiger partial charge is 0.254 e. The third kappa shape index (κ3) is 5.33. The predicted octanol–water partition coefficient (Wildman–Crippen LogP) is 4.14. The Morgan fingerprint density at radius 2 is 1.69 bits per heavy atom. The van der Waals surface area contributed by atoms with E-state index in [1.165, 1.54) is 50.9 Å². The summed E-state index contributed by atoms with van der Waals surface area (Å²) in [5.74, 6) is -0.988. The van der Waals surface area contributed by atoms with Gasteiger partial charge in [-0.25, -0.2) is 4.39 Å². The minimum Gasteiger partial charge on any atom is -0.493 e. The van der Waals surface area contributed by atoms with Crippen molar-refractivity contribution in [3.63, 3.8) is 0 Å². The highest BCUT2D eigenvalue weighted by Crippen LogP contribution is 2.46. The molecule has 2 aromatic rings. The zero-order valence-corrected chi connectivity index (χ0v) is 21.4. The predicted molar refractivity (Wildman–Crippen MR) is 136 cm³/mol. The van der Waals surface area contributed by atoms with Gasteiger partial charge in [-0.1, -0.05) is 31.0 Å². The van der Waals surface area contributed by atoms with Crippen molar-refractivity contribution >= 4 is 11.8 Å². The van der Waals surface area contributed by atoms with Crippen LogP contribution in [0.2, 0.25) is 0 Å². The van der Waals surface area contributed by atoms with Crippen LogP contribution in [-0.4, -0.2) is 69.1 Å². The van der Waals surface area contributed by atoms with Gasteiger partial charge in [0.1, 0.15) is 5.82 Å². The molecule has 2 aromatic carbocycles. The van der Waals surface area contributed by atoms with Gasteiger partial charge in [0, 0.05) is 24.7 Å². The molecule has 0 bridgehead atoms. The first-order valence-electron chi connectivity index (χ1n) is 12.7. The van der Waals surface area contributed by atoms with Gasteiger partial charge in [-0.05, 0) is 62.7 Å². The molecule has 0 unspecified atom stereocenters. The first-order chi connectivity index (χ1) is 17.5. The molecule has 1 N–H and O–H groups in total. The fourth-order valence-electron chi connectivity index (χ4n) is 5.42. The minimum atomic E-state index is -0.808. The lowest BCUT2D eigenvalue weighted by Crippen LogP contribution is -2.46. The molecule has 0 saturated carbocycles. The van der Waals surface area contributed by atoms with Crippen LogP contribution < -0.4 is 14.8 Å². The second kappa shape index (κ2) is 11.7. The van der Waals surface area contributed by atoms with E-state index in [1.807, 2.05) is 0 Å². The van der Waals surface area contributed by atoms with Gasteiger partial charge in [0.25, 0.3) is 5.91 Å². The number of nitrogens with zero attached hydrogens (tertiary/aromatic N) is 2. The van der Waals surface area contributed by atoms with Crippen LogP contribution in [0.25, 0.3) is 0 Å². The molecule has 7 nitrogen and oxygen atoms in total. The number of carbonyl (C=O) groups excluding carboxylic acids is 2. The Labute approximate surface area is 212 Å². The van der Waals surface area contributed by atoms with Gasteiger partial charge in [0.15, 0.2) is 11.5 Å². The van der Waals surface area contributed by atoms with E-state index in [4.69, 9.17) is 9.47 Å². The van der Waals surface area contributed by atoms with E-state index in [0.29, 0.717) is 34.7 Å². The summed E-state index contributed by atoms with van der Waals surface area (Å²) in [6.45, 7) is 3.65. The molecule has 0 spiro atoms. The van der Waals surface area contributed by atoms with Gasteiger partial charge in [-0.2, -0.15) is 0 Å². The van der Waals surface area contributed by atoms with Gasteiger partial charge < -0.3 is 24.6 Å². The van der Waals surface area contributed by atoms with E-state index in [1.54, 1.807) is 37.4 Å². The van der Waals surface area contributed by atoms with Gasteiger partial charge in [-0.15, -0.1) is 0 Å². The number of hydrogen-bond donors (Lipinski definition) is 1. The Morgan fingerprint density at radius 1 is 1.03 bits per heavy atom. The molecule has 2 aliphatic heterocycles. The zero-order chi connectivity index (χ0) is 25.7. The summed E-state index contributed by atoms with van der Waals surface area (Å²) >= 11 is 0. The molecule has 0 radical (unpaired) electrons. The first-order valence-corrected chi connectivity index (χ1v) is 12.7. The third-order valence-electron chi connectivity index (χ3n) is 7.33. The van der Waals surface area contributed by atoms with Crippen molar-refractivity contribution < 1.29 is 23.5 Å². The van der Waals surface area contributed by atoms with E-state index in [-0.39, 0.29) is 11.8 Å². The summed E-state index contributed by atoms with van der Waals surface area (Å²) in [5.41, 5.74) is 1.17. The number of ether oxygens (including phenoxy) is 2. The van der Waals surface area contributed by atoms with Crippen LogP contribution in [0, 0.1) is 5.82 Å². The van der Waals surface area contributed by atoms with Gasteiger partial charge in [-0.3, -0.25) is 9.59 Å². The Hall–Kier alpha value is -3.13. The summed E-state index contributed by atoms with van der Waals surface area (Å²) in [7, 11) is 4.61. The Morgan fingerprint density at radius 3 is 2.36 bits per heavy atom. The number of benzene rings is 2. The summed E-state index contributed by atoms with van der Waals surface area (Å²) in [5, 5.41) is 3.07. The number of hydrogen-bond acceptors (Lipinski definition) is 5. The second-order valence-corrected chi connectivity index (χ2v) is 9.55. The van der Waals surface area contributed by atoms with Gasteiger partial charge in [0.2, 0.25) is 5.91 Å². The maximum atomic E-state index is 15.0. The third-order valence-corrected chi connectivity index (χ3v) is 7.33. The first kappa shape index (κ1) is 25.9. The van der Waals surface area contributed by atoms with Crippen molar-refractivity contribution in [3.8, 4) is 11.5 Å². The lowest BCUT2D eigenvalue weighted by Gasteiger charge is -2.40. The van der Waals surface area contributed by atoms with Crippen LogP contribution >= 0.6 is 0 Å². The van der Waals surface area contributed by atoms with Crippen LogP contribution in [-0.2, 0) is 4.79 Å². The Bertz CT molecular complexity index is 1080.